The number of hydrogen-bond acceptors (Lipinski definition) is 5. The van der Waals surface area contributed by atoms with E-state index in [-0.39, 0.29) is 37.6 Å². The molecule has 1 aliphatic rings. The van der Waals surface area contributed by atoms with Gasteiger partial charge < -0.3 is 4.74 Å². The number of carbonyl (C=O) groups excluding carboxylic acids is 3. The number of amides is 2. The van der Waals surface area contributed by atoms with Crippen LogP contribution in [0.15, 0.2) is 29.4 Å². The maximum atomic E-state index is 13.1. The molecule has 0 aromatic heterocycles. The van der Waals surface area contributed by atoms with E-state index >= 15 is 0 Å². The Bertz CT molecular complexity index is 672. The van der Waals surface area contributed by atoms with Crippen LogP contribution in [0.3, 0.4) is 0 Å². The Morgan fingerprint density at radius 3 is 2.54 bits per heavy atom. The van der Waals surface area contributed by atoms with E-state index in [2.05, 4.69) is 5.10 Å². The molecule has 2 rings (SSSR count). The fourth-order valence-electron chi connectivity index (χ4n) is 2.22. The highest BCUT2D eigenvalue weighted by Crippen LogP contribution is 2.18. The Labute approximate surface area is 138 Å². The Morgan fingerprint density at radius 2 is 1.96 bits per heavy atom. The van der Waals surface area contributed by atoms with Crippen LogP contribution in [0.25, 0.3) is 0 Å². The van der Waals surface area contributed by atoms with Crippen molar-refractivity contribution < 1.29 is 23.5 Å². The first kappa shape index (κ1) is 17.6. The van der Waals surface area contributed by atoms with Gasteiger partial charge in [-0.1, -0.05) is 0 Å². The van der Waals surface area contributed by atoms with Gasteiger partial charge in [-0.15, -0.1) is 0 Å². The Morgan fingerprint density at radius 1 is 1.29 bits per heavy atom. The Kier molecular flexibility index (Phi) is 5.62. The number of rotatable bonds is 5. The van der Waals surface area contributed by atoms with E-state index < -0.39 is 17.7 Å². The van der Waals surface area contributed by atoms with Gasteiger partial charge in [0, 0.05) is 25.6 Å². The zero-order valence-electron chi connectivity index (χ0n) is 13.5. The standard InChI is InChI=1S/C16H18FN3O4/c1-3-24-15(22)10-20(12-6-4-11(17)5-7-12)16(23)13-8-9-14(21)19(2)18-13/h4-7H,3,8-10H2,1-2H3. The van der Waals surface area contributed by atoms with Gasteiger partial charge in [-0.2, -0.15) is 5.10 Å². The van der Waals surface area contributed by atoms with Crippen LogP contribution in [0.4, 0.5) is 10.1 Å². The lowest BCUT2D eigenvalue weighted by molar-refractivity contribution is -0.142. The molecule has 0 radical (unpaired) electrons. The molecule has 1 aromatic carbocycles. The molecule has 0 fully saturated rings. The van der Waals surface area contributed by atoms with Gasteiger partial charge in [-0.25, -0.2) is 9.40 Å². The smallest absolute Gasteiger partial charge is 0.326 e. The predicted molar refractivity (Wildman–Crippen MR) is 84.8 cm³/mol. The SMILES string of the molecule is CCOC(=O)CN(C(=O)C1=NN(C)C(=O)CC1)c1ccc(F)cc1. The summed E-state index contributed by atoms with van der Waals surface area (Å²) in [6.45, 7) is 1.52. The number of esters is 1. The van der Waals surface area contributed by atoms with Gasteiger partial charge in [0.25, 0.3) is 5.91 Å². The van der Waals surface area contributed by atoms with E-state index in [1.54, 1.807) is 6.92 Å². The molecule has 8 heteroatoms. The number of carbonyl (C=O) groups is 3. The van der Waals surface area contributed by atoms with Crippen molar-refractivity contribution in [1.29, 1.82) is 0 Å². The predicted octanol–water partition coefficient (Wildman–Crippen LogP) is 1.33. The second-order valence-electron chi connectivity index (χ2n) is 5.14. The number of hydrazone groups is 1. The lowest BCUT2D eigenvalue weighted by Crippen LogP contribution is -2.43. The average Bonchev–Trinajstić information content (AvgIpc) is 2.56. The van der Waals surface area contributed by atoms with Crippen molar-refractivity contribution in [2.45, 2.75) is 19.8 Å². The quantitative estimate of drug-likeness (QED) is 0.761. The molecule has 1 aliphatic heterocycles. The molecule has 0 saturated carbocycles. The molecule has 0 spiro atoms. The molecule has 24 heavy (non-hydrogen) atoms. The number of ether oxygens (including phenoxy) is 1. The molecule has 0 aliphatic carbocycles. The molecule has 2 amide bonds. The van der Waals surface area contributed by atoms with Gasteiger partial charge in [0.05, 0.1) is 6.61 Å². The zero-order valence-corrected chi connectivity index (χ0v) is 13.5. The van der Waals surface area contributed by atoms with E-state index in [1.165, 1.54) is 36.2 Å². The highest BCUT2D eigenvalue weighted by molar-refractivity contribution is 6.44. The van der Waals surface area contributed by atoms with E-state index in [9.17, 15) is 18.8 Å². The van der Waals surface area contributed by atoms with Gasteiger partial charge in [0.2, 0.25) is 5.91 Å². The summed E-state index contributed by atoms with van der Waals surface area (Å²) >= 11 is 0. The first-order chi connectivity index (χ1) is 11.4. The summed E-state index contributed by atoms with van der Waals surface area (Å²) in [4.78, 5) is 37.2. The lowest BCUT2D eigenvalue weighted by Gasteiger charge is -2.25. The highest BCUT2D eigenvalue weighted by Gasteiger charge is 2.28. The van der Waals surface area contributed by atoms with Crippen LogP contribution in [0.1, 0.15) is 19.8 Å². The van der Waals surface area contributed by atoms with Gasteiger partial charge in [-0.05, 0) is 31.2 Å². The van der Waals surface area contributed by atoms with Crippen molar-refractivity contribution in [2.24, 2.45) is 5.10 Å². The van der Waals surface area contributed by atoms with Crippen molar-refractivity contribution in [3.8, 4) is 0 Å². The molecule has 0 atom stereocenters. The van der Waals surface area contributed by atoms with Gasteiger partial charge in [-0.3, -0.25) is 19.3 Å². The van der Waals surface area contributed by atoms with Crippen LogP contribution in [0.2, 0.25) is 0 Å². The van der Waals surface area contributed by atoms with Crippen LogP contribution in [-0.4, -0.2) is 48.7 Å². The Balaban J connectivity index is 2.29. The van der Waals surface area contributed by atoms with E-state index in [4.69, 9.17) is 4.74 Å². The number of halogens is 1. The summed E-state index contributed by atoms with van der Waals surface area (Å²) < 4.78 is 18.0. The summed E-state index contributed by atoms with van der Waals surface area (Å²) in [6, 6.07) is 5.17. The number of anilines is 1. The zero-order chi connectivity index (χ0) is 17.7. The maximum absolute atomic E-state index is 13.1. The summed E-state index contributed by atoms with van der Waals surface area (Å²) in [5.74, 6) is -1.75. The lowest BCUT2D eigenvalue weighted by atomic mass is 10.1. The van der Waals surface area contributed by atoms with Crippen molar-refractivity contribution >= 4 is 29.2 Å². The largest absolute Gasteiger partial charge is 0.465 e. The maximum Gasteiger partial charge on any atom is 0.326 e. The number of benzene rings is 1. The fraction of sp³-hybridized carbons (Fsp3) is 0.375. The van der Waals surface area contributed by atoms with Gasteiger partial charge >= 0.3 is 5.97 Å². The first-order valence-corrected chi connectivity index (χ1v) is 7.49. The monoisotopic (exact) mass is 335 g/mol. The van der Waals surface area contributed by atoms with Crippen molar-refractivity contribution in [2.75, 3.05) is 25.1 Å². The molecule has 1 heterocycles. The van der Waals surface area contributed by atoms with Crippen LogP contribution in [0, 0.1) is 5.82 Å². The van der Waals surface area contributed by atoms with E-state index in [0.717, 1.165) is 5.01 Å². The second-order valence-corrected chi connectivity index (χ2v) is 5.14. The van der Waals surface area contributed by atoms with Crippen LogP contribution >= 0.6 is 0 Å². The van der Waals surface area contributed by atoms with E-state index in [1.807, 2.05) is 0 Å². The summed E-state index contributed by atoms with van der Waals surface area (Å²) in [7, 11) is 1.46. The van der Waals surface area contributed by atoms with E-state index in [0.29, 0.717) is 5.69 Å². The number of hydrogen-bond donors (Lipinski definition) is 0. The minimum Gasteiger partial charge on any atom is -0.465 e. The topological polar surface area (TPSA) is 79.3 Å². The van der Waals surface area contributed by atoms with Crippen molar-refractivity contribution in [3.05, 3.63) is 30.1 Å². The normalized spacial score (nSPS) is 14.2. The molecule has 1 aromatic rings. The molecular formula is C16H18FN3O4. The molecule has 0 unspecified atom stereocenters. The molecule has 0 bridgehead atoms. The molecule has 7 nitrogen and oxygen atoms in total. The third-order valence-corrected chi connectivity index (χ3v) is 3.43. The summed E-state index contributed by atoms with van der Waals surface area (Å²) in [5, 5.41) is 5.06. The minimum atomic E-state index is -0.587. The molecule has 0 N–H and O–H groups in total. The summed E-state index contributed by atoms with van der Waals surface area (Å²) in [5.41, 5.74) is 0.502. The minimum absolute atomic E-state index is 0.158. The van der Waals surface area contributed by atoms with Crippen LogP contribution in [-0.2, 0) is 19.1 Å². The van der Waals surface area contributed by atoms with Gasteiger partial charge in [0.1, 0.15) is 18.1 Å². The molecule has 128 valence electrons. The second kappa shape index (κ2) is 7.67. The number of nitrogens with zero attached hydrogens (tertiary/aromatic N) is 3. The first-order valence-electron chi connectivity index (χ1n) is 7.49. The average molecular weight is 335 g/mol. The third-order valence-electron chi connectivity index (χ3n) is 3.43. The summed E-state index contributed by atoms with van der Waals surface area (Å²) in [6.07, 6.45) is 0.347. The van der Waals surface area contributed by atoms with Crippen LogP contribution < -0.4 is 4.90 Å². The fourth-order valence-corrected chi connectivity index (χ4v) is 2.22. The van der Waals surface area contributed by atoms with Crippen molar-refractivity contribution in [1.82, 2.24) is 5.01 Å². The Hall–Kier alpha value is -2.77. The molecule has 0 saturated heterocycles. The van der Waals surface area contributed by atoms with Crippen molar-refractivity contribution in [3.63, 3.8) is 0 Å². The third kappa shape index (κ3) is 4.15. The van der Waals surface area contributed by atoms with Gasteiger partial charge in [0.15, 0.2) is 0 Å². The van der Waals surface area contributed by atoms with Crippen LogP contribution in [0.5, 0.6) is 0 Å². The highest BCUT2D eigenvalue weighted by atomic mass is 19.1. The molecular weight excluding hydrogens is 317 g/mol.